The lowest BCUT2D eigenvalue weighted by molar-refractivity contribution is 0.224. The van der Waals surface area contributed by atoms with Crippen molar-refractivity contribution in [1.29, 1.82) is 0 Å². The number of halogens is 2. The Morgan fingerprint density at radius 2 is 2.14 bits per heavy atom. The van der Waals surface area contributed by atoms with Gasteiger partial charge in [0, 0.05) is 10.6 Å². The van der Waals surface area contributed by atoms with Crippen LogP contribution in [0.1, 0.15) is 18.2 Å². The van der Waals surface area contributed by atoms with Gasteiger partial charge in [0.25, 0.3) is 0 Å². The van der Waals surface area contributed by atoms with Crippen molar-refractivity contribution in [2.75, 3.05) is 13.1 Å². The molecule has 0 saturated carbocycles. The minimum Gasteiger partial charge on any atom is -0.316 e. The van der Waals surface area contributed by atoms with E-state index in [-0.39, 0.29) is 0 Å². The lowest BCUT2D eigenvalue weighted by atomic mass is 9.93. The Morgan fingerprint density at radius 3 is 2.71 bits per heavy atom. The van der Waals surface area contributed by atoms with E-state index in [1.165, 1.54) is 0 Å². The first kappa shape index (κ1) is 9.94. The van der Waals surface area contributed by atoms with Crippen LogP contribution in [0.25, 0.3) is 0 Å². The zero-order valence-electron chi connectivity index (χ0n) is 7.84. The van der Waals surface area contributed by atoms with Gasteiger partial charge in [-0.1, -0.05) is 29.8 Å². The molecule has 3 heteroatoms. The van der Waals surface area contributed by atoms with E-state index in [1.54, 1.807) is 12.1 Å². The fourth-order valence-corrected chi connectivity index (χ4v) is 1.92. The quantitative estimate of drug-likeness (QED) is 0.814. The van der Waals surface area contributed by atoms with Crippen molar-refractivity contribution in [3.8, 4) is 0 Å². The van der Waals surface area contributed by atoms with Gasteiger partial charge in [-0.15, -0.1) is 0 Å². The van der Waals surface area contributed by atoms with Gasteiger partial charge in [-0.2, -0.15) is 0 Å². The van der Waals surface area contributed by atoms with Crippen LogP contribution in [0.4, 0.5) is 4.39 Å². The Balaban J connectivity index is 2.02. The van der Waals surface area contributed by atoms with Gasteiger partial charge in [-0.25, -0.2) is 4.39 Å². The highest BCUT2D eigenvalue weighted by molar-refractivity contribution is 6.31. The van der Waals surface area contributed by atoms with Gasteiger partial charge in [0.1, 0.15) is 6.17 Å². The molecule has 76 valence electrons. The van der Waals surface area contributed by atoms with Gasteiger partial charge in [-0.05, 0) is 31.5 Å². The van der Waals surface area contributed by atoms with E-state index in [4.69, 9.17) is 11.6 Å². The van der Waals surface area contributed by atoms with Crippen LogP contribution in [-0.2, 0) is 0 Å². The normalized spacial score (nSPS) is 19.0. The average Bonchev–Trinajstić information content (AvgIpc) is 2.12. The summed E-state index contributed by atoms with van der Waals surface area (Å²) in [5, 5.41) is 3.67. The van der Waals surface area contributed by atoms with Gasteiger partial charge in [0.2, 0.25) is 0 Å². The first-order valence-electron chi connectivity index (χ1n) is 4.86. The third kappa shape index (κ3) is 2.07. The molecule has 1 heterocycles. The van der Waals surface area contributed by atoms with Crippen LogP contribution < -0.4 is 5.32 Å². The van der Waals surface area contributed by atoms with Crippen molar-refractivity contribution < 1.29 is 4.39 Å². The van der Waals surface area contributed by atoms with E-state index < -0.39 is 6.17 Å². The number of hydrogen-bond donors (Lipinski definition) is 1. The SMILES string of the molecule is FC(CC1CNC1)c1ccccc1Cl. The highest BCUT2D eigenvalue weighted by Crippen LogP contribution is 2.31. The standard InChI is InChI=1S/C11H13ClFN/c12-10-4-2-1-3-9(10)11(13)5-8-6-14-7-8/h1-4,8,11,14H,5-7H2. The zero-order chi connectivity index (χ0) is 9.97. The smallest absolute Gasteiger partial charge is 0.127 e. The Labute approximate surface area is 88.3 Å². The molecule has 0 amide bonds. The summed E-state index contributed by atoms with van der Waals surface area (Å²) in [6.07, 6.45) is -0.340. The molecular weight excluding hydrogens is 201 g/mol. The molecule has 0 aromatic heterocycles. The molecule has 1 aliphatic heterocycles. The van der Waals surface area contributed by atoms with Crippen molar-refractivity contribution in [3.63, 3.8) is 0 Å². The molecule has 1 aliphatic rings. The Morgan fingerprint density at radius 1 is 1.43 bits per heavy atom. The van der Waals surface area contributed by atoms with E-state index in [0.717, 1.165) is 13.1 Å². The second-order valence-corrected chi connectivity index (χ2v) is 4.16. The molecule has 1 atom stereocenters. The zero-order valence-corrected chi connectivity index (χ0v) is 8.60. The summed E-state index contributed by atoms with van der Waals surface area (Å²) < 4.78 is 13.8. The van der Waals surface area contributed by atoms with Crippen LogP contribution in [-0.4, -0.2) is 13.1 Å². The summed E-state index contributed by atoms with van der Waals surface area (Å²) in [6.45, 7) is 1.87. The molecule has 1 nitrogen and oxygen atoms in total. The Kier molecular flexibility index (Phi) is 3.04. The maximum atomic E-state index is 13.8. The molecule has 1 aromatic rings. The molecular formula is C11H13ClFN. The van der Waals surface area contributed by atoms with E-state index in [1.807, 2.05) is 12.1 Å². The molecule has 0 bridgehead atoms. The van der Waals surface area contributed by atoms with Gasteiger partial charge in [0.15, 0.2) is 0 Å². The number of alkyl halides is 1. The molecule has 1 unspecified atom stereocenters. The van der Waals surface area contributed by atoms with Crippen LogP contribution >= 0.6 is 11.6 Å². The largest absolute Gasteiger partial charge is 0.316 e. The van der Waals surface area contributed by atoms with Crippen LogP contribution in [0.3, 0.4) is 0 Å². The fraction of sp³-hybridized carbons (Fsp3) is 0.455. The molecule has 1 fully saturated rings. The topological polar surface area (TPSA) is 12.0 Å². The minimum absolute atomic E-state index is 0.473. The van der Waals surface area contributed by atoms with Gasteiger partial charge in [0.05, 0.1) is 0 Å². The van der Waals surface area contributed by atoms with Crippen molar-refractivity contribution in [2.45, 2.75) is 12.6 Å². The lowest BCUT2D eigenvalue weighted by Gasteiger charge is -2.28. The van der Waals surface area contributed by atoms with Crippen molar-refractivity contribution in [3.05, 3.63) is 34.9 Å². The average molecular weight is 214 g/mol. The van der Waals surface area contributed by atoms with E-state index in [9.17, 15) is 4.39 Å². The van der Waals surface area contributed by atoms with Crippen LogP contribution in [0.15, 0.2) is 24.3 Å². The maximum absolute atomic E-state index is 13.8. The van der Waals surface area contributed by atoms with Gasteiger partial charge >= 0.3 is 0 Å². The molecule has 14 heavy (non-hydrogen) atoms. The predicted octanol–water partition coefficient (Wildman–Crippen LogP) is 2.96. The summed E-state index contributed by atoms with van der Waals surface area (Å²) in [5.41, 5.74) is 0.626. The van der Waals surface area contributed by atoms with Gasteiger partial charge < -0.3 is 5.32 Å². The van der Waals surface area contributed by atoms with Crippen LogP contribution in [0.2, 0.25) is 5.02 Å². The summed E-state index contributed by atoms with van der Waals surface area (Å²) in [5.74, 6) is 0.473. The molecule has 2 rings (SSSR count). The molecule has 1 N–H and O–H groups in total. The Hall–Kier alpha value is -0.600. The molecule has 0 spiro atoms. The number of benzene rings is 1. The monoisotopic (exact) mass is 213 g/mol. The van der Waals surface area contributed by atoms with E-state index >= 15 is 0 Å². The minimum atomic E-state index is -0.921. The predicted molar refractivity (Wildman–Crippen MR) is 56.3 cm³/mol. The first-order chi connectivity index (χ1) is 6.77. The van der Waals surface area contributed by atoms with Crippen molar-refractivity contribution >= 4 is 11.6 Å². The summed E-state index contributed by atoms with van der Waals surface area (Å²) in [7, 11) is 0. The van der Waals surface area contributed by atoms with Crippen LogP contribution in [0.5, 0.6) is 0 Å². The highest BCUT2D eigenvalue weighted by Gasteiger charge is 2.23. The van der Waals surface area contributed by atoms with E-state index in [0.29, 0.717) is 22.9 Å². The fourth-order valence-electron chi connectivity index (χ4n) is 1.66. The molecule has 1 aromatic carbocycles. The second-order valence-electron chi connectivity index (χ2n) is 3.75. The third-order valence-corrected chi connectivity index (χ3v) is 2.99. The summed E-state index contributed by atoms with van der Waals surface area (Å²) in [6, 6.07) is 7.15. The molecule has 0 aliphatic carbocycles. The third-order valence-electron chi connectivity index (χ3n) is 2.65. The second kappa shape index (κ2) is 4.28. The summed E-state index contributed by atoms with van der Waals surface area (Å²) in [4.78, 5) is 0. The first-order valence-corrected chi connectivity index (χ1v) is 5.24. The number of nitrogens with one attached hydrogen (secondary N) is 1. The van der Waals surface area contributed by atoms with Crippen LogP contribution in [0, 0.1) is 5.92 Å². The summed E-state index contributed by atoms with van der Waals surface area (Å²) >= 11 is 5.91. The van der Waals surface area contributed by atoms with Gasteiger partial charge in [-0.3, -0.25) is 0 Å². The highest BCUT2D eigenvalue weighted by atomic mass is 35.5. The Bertz CT molecular complexity index is 312. The maximum Gasteiger partial charge on any atom is 0.127 e. The number of rotatable bonds is 3. The molecule has 0 radical (unpaired) electrons. The number of hydrogen-bond acceptors (Lipinski definition) is 1. The van der Waals surface area contributed by atoms with E-state index in [2.05, 4.69) is 5.32 Å². The van der Waals surface area contributed by atoms with Crippen molar-refractivity contribution in [2.24, 2.45) is 5.92 Å². The molecule has 1 saturated heterocycles. The van der Waals surface area contributed by atoms with Crippen molar-refractivity contribution in [1.82, 2.24) is 5.32 Å². The lowest BCUT2D eigenvalue weighted by Crippen LogP contribution is -2.42.